The zero-order valence-electron chi connectivity index (χ0n) is 16.8. The Hall–Kier alpha value is -2.35. The third kappa shape index (κ3) is 4.63. The zero-order chi connectivity index (χ0) is 22.9. The van der Waals surface area contributed by atoms with E-state index in [1.165, 1.54) is 37.9 Å². The minimum Gasteiger partial charge on any atom is -0.477 e. The number of ether oxygens (including phenoxy) is 1. The van der Waals surface area contributed by atoms with Gasteiger partial charge in [-0.25, -0.2) is 13.2 Å². The Bertz CT molecular complexity index is 1100. The number of rotatable bonds is 7. The van der Waals surface area contributed by atoms with Gasteiger partial charge in [-0.2, -0.15) is 4.40 Å². The van der Waals surface area contributed by atoms with Gasteiger partial charge in [-0.15, -0.1) is 15.5 Å². The molecule has 1 N–H and O–H groups in total. The number of aryl methyl sites for hydroxylation is 1. The summed E-state index contributed by atoms with van der Waals surface area (Å²) in [4.78, 5) is 36.5. The highest BCUT2D eigenvalue weighted by Crippen LogP contribution is 2.39. The van der Waals surface area contributed by atoms with Crippen molar-refractivity contribution in [3.63, 3.8) is 0 Å². The first kappa shape index (κ1) is 23.3. The van der Waals surface area contributed by atoms with Crippen LogP contribution in [0, 0.1) is 6.92 Å². The molecule has 166 valence electrons. The number of esters is 1. The molecule has 0 bridgehead atoms. The molecule has 1 saturated heterocycles. The highest BCUT2D eigenvalue weighted by molar-refractivity contribution is 8.08. The van der Waals surface area contributed by atoms with E-state index in [0.29, 0.717) is 17.7 Å². The minimum absolute atomic E-state index is 0.0613. The van der Waals surface area contributed by atoms with Gasteiger partial charge in [0.05, 0.1) is 17.0 Å². The van der Waals surface area contributed by atoms with Crippen LogP contribution in [0.1, 0.15) is 12.5 Å². The summed E-state index contributed by atoms with van der Waals surface area (Å²) in [5.74, 6) is -2.28. The molecule has 1 amide bonds. The number of fused-ring (bicyclic) bond motifs is 1. The Kier molecular flexibility index (Phi) is 6.79. The molecule has 0 spiro atoms. The lowest BCUT2D eigenvalue weighted by Crippen LogP contribution is -2.62. The van der Waals surface area contributed by atoms with Gasteiger partial charge in [0.15, 0.2) is 0 Å². The van der Waals surface area contributed by atoms with E-state index in [4.69, 9.17) is 4.74 Å². The number of aliphatic carboxylic acids is 1. The highest BCUT2D eigenvalue weighted by atomic mass is 32.3. The van der Waals surface area contributed by atoms with E-state index < -0.39 is 33.2 Å². The summed E-state index contributed by atoms with van der Waals surface area (Å²) < 4.78 is 35.2. The van der Waals surface area contributed by atoms with Gasteiger partial charge in [-0.1, -0.05) is 17.7 Å². The summed E-state index contributed by atoms with van der Waals surface area (Å²) in [6.45, 7) is 2.82. The van der Waals surface area contributed by atoms with Crippen LogP contribution in [-0.2, 0) is 29.1 Å². The number of nitrogens with zero attached hydrogens (tertiary/aromatic N) is 3. The number of carbonyl (C=O) groups is 3. The van der Waals surface area contributed by atoms with Gasteiger partial charge in [0, 0.05) is 25.3 Å². The van der Waals surface area contributed by atoms with Crippen LogP contribution in [-0.4, -0.2) is 70.5 Å². The quantitative estimate of drug-likeness (QED) is 0.346. The molecule has 3 rings (SSSR count). The fraction of sp³-hybridized carbons (Fsp3) is 0.333. The molecule has 2 aliphatic heterocycles. The Morgan fingerprint density at radius 2 is 2.00 bits per heavy atom. The maximum atomic E-state index is 12.6. The number of hydrogen-bond acceptors (Lipinski definition) is 9. The van der Waals surface area contributed by atoms with Crippen LogP contribution in [0.25, 0.3) is 0 Å². The van der Waals surface area contributed by atoms with E-state index in [1.807, 2.05) is 6.92 Å². The van der Waals surface area contributed by atoms with Crippen LogP contribution < -0.4 is 0 Å². The lowest BCUT2D eigenvalue weighted by atomic mass is 10.1. The topological polar surface area (TPSA) is 134 Å². The molecule has 0 radical (unpaired) electrons. The van der Waals surface area contributed by atoms with Crippen LogP contribution in [0.3, 0.4) is 0 Å². The Morgan fingerprint density at radius 3 is 2.58 bits per heavy atom. The molecule has 0 aliphatic carbocycles. The lowest BCUT2D eigenvalue weighted by Gasteiger charge is -2.44. The minimum atomic E-state index is -3.83. The van der Waals surface area contributed by atoms with E-state index in [9.17, 15) is 27.9 Å². The number of β-lactam (4-membered cyclic amide) rings is 1. The molecule has 1 fully saturated rings. The van der Waals surface area contributed by atoms with Crippen molar-refractivity contribution >= 4 is 57.5 Å². The molecule has 1 aromatic carbocycles. The molecule has 2 aliphatic rings. The van der Waals surface area contributed by atoms with Crippen LogP contribution in [0.4, 0.5) is 0 Å². The summed E-state index contributed by atoms with van der Waals surface area (Å²) >= 11 is 1.83. The molecule has 10 nitrogen and oxygen atoms in total. The number of carbonyl (C=O) groups excluding carboxylic acids is 2. The number of carboxylic acid groups (broad SMARTS) is 1. The van der Waals surface area contributed by atoms with Crippen molar-refractivity contribution < 1.29 is 32.6 Å². The molecule has 1 aromatic rings. The number of thioether (sulfide) groups is 1. The first-order chi connectivity index (χ1) is 14.5. The van der Waals surface area contributed by atoms with E-state index >= 15 is 0 Å². The summed E-state index contributed by atoms with van der Waals surface area (Å²) in [7, 11) is -2.51. The normalized spacial score (nSPS) is 20.0. The van der Waals surface area contributed by atoms with Crippen molar-refractivity contribution in [2.24, 2.45) is 4.40 Å². The Labute approximate surface area is 187 Å². The Balaban J connectivity index is 1.76. The predicted octanol–water partition coefficient (Wildman–Crippen LogP) is 1.44. The largest absolute Gasteiger partial charge is 0.477 e. The summed E-state index contributed by atoms with van der Waals surface area (Å²) in [5.41, 5.74) is 1.05. The van der Waals surface area contributed by atoms with Crippen molar-refractivity contribution in [2.75, 3.05) is 19.4 Å². The monoisotopic (exact) mass is 485 g/mol. The second-order valence-corrected chi connectivity index (χ2v) is 10.8. The number of carboxylic acids is 1. The molecule has 1 atom stereocenters. The van der Waals surface area contributed by atoms with Gasteiger partial charge >= 0.3 is 11.9 Å². The Morgan fingerprint density at radius 1 is 1.35 bits per heavy atom. The van der Waals surface area contributed by atoms with Crippen LogP contribution in [0.15, 0.2) is 44.8 Å². The smallest absolute Gasteiger partial charge is 0.352 e. The first-order valence-corrected chi connectivity index (χ1v) is 12.1. The van der Waals surface area contributed by atoms with Gasteiger partial charge in [0.1, 0.15) is 23.4 Å². The van der Waals surface area contributed by atoms with E-state index in [-0.39, 0.29) is 28.7 Å². The van der Waals surface area contributed by atoms with E-state index in [1.54, 1.807) is 12.1 Å². The van der Waals surface area contributed by atoms with Gasteiger partial charge in [-0.05, 0) is 19.1 Å². The number of benzene rings is 1. The summed E-state index contributed by atoms with van der Waals surface area (Å²) in [6, 6.07) is 6.32. The molecule has 0 unspecified atom stereocenters. The SMILES string of the molecule is CC(=O)OCC1=C(C(=O)O)N2C(=O)/C(=N\SN(C)S(=O)(=O)c3ccc(C)cc3)[C@H]2SC1. The fourth-order valence-electron chi connectivity index (χ4n) is 2.82. The zero-order valence-corrected chi connectivity index (χ0v) is 19.2. The van der Waals surface area contributed by atoms with Crippen molar-refractivity contribution in [1.82, 2.24) is 8.61 Å². The maximum Gasteiger partial charge on any atom is 0.352 e. The molecule has 0 saturated carbocycles. The fourth-order valence-corrected chi connectivity index (χ4v) is 6.00. The molecule has 2 heterocycles. The van der Waals surface area contributed by atoms with Gasteiger partial charge in [0.2, 0.25) is 0 Å². The number of hydrogen-bond donors (Lipinski definition) is 1. The average molecular weight is 486 g/mol. The van der Waals surface area contributed by atoms with Crippen molar-refractivity contribution in [1.29, 1.82) is 0 Å². The first-order valence-electron chi connectivity index (χ1n) is 8.88. The van der Waals surface area contributed by atoms with Gasteiger partial charge in [0.25, 0.3) is 15.9 Å². The van der Waals surface area contributed by atoms with E-state index in [0.717, 1.165) is 14.2 Å². The highest BCUT2D eigenvalue weighted by Gasteiger charge is 2.51. The molecular formula is C18H19N3O7S3. The molecule has 31 heavy (non-hydrogen) atoms. The van der Waals surface area contributed by atoms with Crippen LogP contribution in [0.2, 0.25) is 0 Å². The number of amides is 1. The van der Waals surface area contributed by atoms with Crippen LogP contribution in [0.5, 0.6) is 0 Å². The number of sulfonamides is 1. The third-order valence-electron chi connectivity index (χ3n) is 4.46. The summed E-state index contributed by atoms with van der Waals surface area (Å²) in [5, 5.41) is 8.89. The van der Waals surface area contributed by atoms with Crippen molar-refractivity contribution in [3.05, 3.63) is 41.1 Å². The van der Waals surface area contributed by atoms with Crippen molar-refractivity contribution in [3.8, 4) is 0 Å². The van der Waals surface area contributed by atoms with E-state index in [2.05, 4.69) is 4.40 Å². The predicted molar refractivity (Wildman–Crippen MR) is 116 cm³/mol. The summed E-state index contributed by atoms with van der Waals surface area (Å²) in [6.07, 6.45) is 0. The third-order valence-corrected chi connectivity index (χ3v) is 8.57. The maximum absolute atomic E-state index is 12.6. The second kappa shape index (κ2) is 9.02. The van der Waals surface area contributed by atoms with Gasteiger partial charge in [-0.3, -0.25) is 14.5 Å². The average Bonchev–Trinajstić information content (AvgIpc) is 2.71. The standard InChI is InChI=1S/C18H19N3O7S3/c1-10-4-6-13(7-5-10)31(26,27)20(3)30-19-14-16(23)21-15(18(24)25)12(8-28-11(2)22)9-29-17(14)21/h4-7,17H,8-9H2,1-3H3,(H,24,25)/b19-14+/t17-/m1/s1. The van der Waals surface area contributed by atoms with Crippen molar-refractivity contribution in [2.45, 2.75) is 24.1 Å². The molecule has 0 aromatic heterocycles. The molecule has 13 heteroatoms. The lowest BCUT2D eigenvalue weighted by molar-refractivity contribution is -0.141. The molecular weight excluding hydrogens is 466 g/mol. The van der Waals surface area contributed by atoms with Crippen LogP contribution >= 0.6 is 23.9 Å². The van der Waals surface area contributed by atoms with Gasteiger partial charge < -0.3 is 9.84 Å². The second-order valence-electron chi connectivity index (χ2n) is 6.66.